The Hall–Kier alpha value is -3.04. The fourth-order valence-electron chi connectivity index (χ4n) is 3.39. The molecule has 0 atom stereocenters. The molecule has 0 amide bonds. The number of para-hydroxylation sites is 2. The van der Waals surface area contributed by atoms with Gasteiger partial charge in [0.25, 0.3) is 0 Å². The van der Waals surface area contributed by atoms with E-state index in [0.29, 0.717) is 47.5 Å². The van der Waals surface area contributed by atoms with Gasteiger partial charge in [0.1, 0.15) is 18.1 Å². The molecule has 170 valence electrons. The highest BCUT2D eigenvalue weighted by atomic mass is 35.5. The van der Waals surface area contributed by atoms with E-state index in [-0.39, 0.29) is 0 Å². The molecule has 0 aliphatic heterocycles. The lowest BCUT2D eigenvalue weighted by Crippen LogP contribution is -2.07. The smallest absolute Gasteiger partial charge is 0.237 e. The molecule has 10 heteroatoms. The first-order chi connectivity index (χ1) is 16.2. The Morgan fingerprint density at radius 1 is 1.06 bits per heavy atom. The van der Waals surface area contributed by atoms with Gasteiger partial charge in [-0.25, -0.2) is 0 Å². The van der Waals surface area contributed by atoms with Crippen molar-refractivity contribution in [2.24, 2.45) is 0 Å². The van der Waals surface area contributed by atoms with Crippen LogP contribution in [0.3, 0.4) is 0 Å². The molecule has 1 aliphatic rings. The monoisotopic (exact) mass is 483 g/mol. The third-order valence-corrected chi connectivity index (χ3v) is 6.30. The van der Waals surface area contributed by atoms with Crippen molar-refractivity contribution in [1.29, 1.82) is 0 Å². The molecule has 1 aliphatic carbocycles. The average Bonchev–Trinajstić information content (AvgIpc) is 3.41. The Morgan fingerprint density at radius 2 is 1.85 bits per heavy atom. The summed E-state index contributed by atoms with van der Waals surface area (Å²) in [5.74, 6) is 3.64. The third kappa shape index (κ3) is 4.99. The first-order valence-electron chi connectivity index (χ1n) is 10.7. The van der Waals surface area contributed by atoms with Crippen LogP contribution in [0.1, 0.15) is 37.5 Å². The Kier molecular flexibility index (Phi) is 6.50. The van der Waals surface area contributed by atoms with Crippen molar-refractivity contribution in [2.75, 3.05) is 6.61 Å². The number of nitrogens with zero attached hydrogens (tertiary/aromatic N) is 5. The van der Waals surface area contributed by atoms with Gasteiger partial charge in [0.05, 0.1) is 22.9 Å². The molecular formula is C23H22ClN5O3S. The summed E-state index contributed by atoms with van der Waals surface area (Å²) in [5.41, 5.74) is 0.805. The number of hydrogen-bond donors (Lipinski definition) is 0. The maximum Gasteiger partial charge on any atom is 0.237 e. The van der Waals surface area contributed by atoms with E-state index in [1.807, 2.05) is 49.4 Å². The second-order valence-electron chi connectivity index (χ2n) is 7.45. The van der Waals surface area contributed by atoms with Gasteiger partial charge in [0.15, 0.2) is 11.0 Å². The van der Waals surface area contributed by atoms with Gasteiger partial charge in [0.2, 0.25) is 11.7 Å². The second-order valence-corrected chi connectivity index (χ2v) is 8.80. The number of rotatable bonds is 10. The summed E-state index contributed by atoms with van der Waals surface area (Å²) < 4.78 is 19.2. The molecule has 33 heavy (non-hydrogen) atoms. The molecule has 0 N–H and O–H groups in total. The highest BCUT2D eigenvalue weighted by molar-refractivity contribution is 7.98. The van der Waals surface area contributed by atoms with Gasteiger partial charge in [-0.05, 0) is 44.0 Å². The minimum Gasteiger partial charge on any atom is -0.493 e. The molecule has 1 fully saturated rings. The Balaban J connectivity index is 1.28. The molecule has 2 aromatic carbocycles. The van der Waals surface area contributed by atoms with Crippen molar-refractivity contribution in [3.63, 3.8) is 0 Å². The topological polar surface area (TPSA) is 88.1 Å². The number of ether oxygens (including phenoxy) is 2. The van der Waals surface area contributed by atoms with E-state index in [2.05, 4.69) is 24.9 Å². The van der Waals surface area contributed by atoms with Crippen molar-refractivity contribution >= 4 is 23.4 Å². The van der Waals surface area contributed by atoms with Crippen LogP contribution < -0.4 is 9.47 Å². The van der Waals surface area contributed by atoms with E-state index in [1.165, 1.54) is 11.8 Å². The van der Waals surface area contributed by atoms with Crippen LogP contribution >= 0.6 is 23.4 Å². The van der Waals surface area contributed by atoms with Crippen molar-refractivity contribution in [3.05, 3.63) is 65.3 Å². The van der Waals surface area contributed by atoms with Gasteiger partial charge in [-0.15, -0.1) is 10.2 Å². The number of hydrogen-bond acceptors (Lipinski definition) is 8. The lowest BCUT2D eigenvalue weighted by molar-refractivity contribution is 0.288. The van der Waals surface area contributed by atoms with E-state index in [1.54, 1.807) is 6.07 Å². The summed E-state index contributed by atoms with van der Waals surface area (Å²) in [5, 5.41) is 14.3. The third-order valence-electron chi connectivity index (χ3n) is 5.06. The highest BCUT2D eigenvalue weighted by Crippen LogP contribution is 2.39. The molecule has 5 rings (SSSR count). The first kappa shape index (κ1) is 21.8. The van der Waals surface area contributed by atoms with Crippen molar-refractivity contribution < 1.29 is 14.0 Å². The minimum absolute atomic E-state index is 0.298. The van der Waals surface area contributed by atoms with Crippen LogP contribution in [0.5, 0.6) is 11.5 Å². The van der Waals surface area contributed by atoms with Crippen molar-refractivity contribution in [3.8, 4) is 22.9 Å². The summed E-state index contributed by atoms with van der Waals surface area (Å²) in [6.07, 6.45) is 2.20. The predicted molar refractivity (Wildman–Crippen MR) is 125 cm³/mol. The van der Waals surface area contributed by atoms with E-state index in [4.69, 9.17) is 25.6 Å². The molecule has 0 saturated heterocycles. The molecule has 0 radical (unpaired) electrons. The van der Waals surface area contributed by atoms with Crippen LogP contribution in [0.4, 0.5) is 0 Å². The Morgan fingerprint density at radius 3 is 2.64 bits per heavy atom. The minimum atomic E-state index is 0.298. The molecule has 0 unspecified atom stereocenters. The lowest BCUT2D eigenvalue weighted by Gasteiger charge is -2.10. The molecule has 0 bridgehead atoms. The van der Waals surface area contributed by atoms with Gasteiger partial charge in [-0.2, -0.15) is 4.98 Å². The first-order valence-corrected chi connectivity index (χ1v) is 12.1. The fourth-order valence-corrected chi connectivity index (χ4v) is 4.44. The van der Waals surface area contributed by atoms with Crippen molar-refractivity contribution in [1.82, 2.24) is 24.9 Å². The van der Waals surface area contributed by atoms with Gasteiger partial charge >= 0.3 is 0 Å². The van der Waals surface area contributed by atoms with Crippen LogP contribution in [0.25, 0.3) is 11.4 Å². The number of benzene rings is 2. The predicted octanol–water partition coefficient (Wildman–Crippen LogP) is 5.59. The largest absolute Gasteiger partial charge is 0.493 e. The zero-order valence-corrected chi connectivity index (χ0v) is 19.6. The fraction of sp³-hybridized carbons (Fsp3) is 0.304. The van der Waals surface area contributed by atoms with Crippen LogP contribution in [-0.4, -0.2) is 31.5 Å². The summed E-state index contributed by atoms with van der Waals surface area (Å²) >= 11 is 7.72. The second kappa shape index (κ2) is 9.84. The average molecular weight is 484 g/mol. The van der Waals surface area contributed by atoms with Crippen LogP contribution in [0, 0.1) is 0 Å². The molecule has 0 spiro atoms. The maximum absolute atomic E-state index is 6.20. The quantitative estimate of drug-likeness (QED) is 0.270. The standard InChI is InChI=1S/C23H22ClN5O3S/c1-2-30-18-9-5-3-7-16(18)22-25-21(32-28-22)14-33-23-27-26-20(29(23)15-11-12-15)13-31-19-10-6-4-8-17(19)24/h3-10,15H,2,11-14H2,1H3. The van der Waals surface area contributed by atoms with E-state index >= 15 is 0 Å². The summed E-state index contributed by atoms with van der Waals surface area (Å²) in [6.45, 7) is 2.81. The molecular weight excluding hydrogens is 462 g/mol. The highest BCUT2D eigenvalue weighted by Gasteiger charge is 2.30. The normalized spacial score (nSPS) is 13.3. The van der Waals surface area contributed by atoms with E-state index < -0.39 is 0 Å². The van der Waals surface area contributed by atoms with Crippen LogP contribution in [0.2, 0.25) is 5.02 Å². The van der Waals surface area contributed by atoms with Crippen molar-refractivity contribution in [2.45, 2.75) is 43.3 Å². The Bertz CT molecular complexity index is 1240. The molecule has 4 aromatic rings. The molecule has 1 saturated carbocycles. The number of thioether (sulfide) groups is 1. The van der Waals surface area contributed by atoms with Gasteiger partial charge < -0.3 is 14.0 Å². The zero-order chi connectivity index (χ0) is 22.6. The molecule has 2 aromatic heterocycles. The van der Waals surface area contributed by atoms with Gasteiger partial charge in [0, 0.05) is 6.04 Å². The lowest BCUT2D eigenvalue weighted by atomic mass is 10.2. The molecule has 2 heterocycles. The Labute approximate surface area is 200 Å². The number of halogens is 1. The van der Waals surface area contributed by atoms with E-state index in [0.717, 1.165) is 35.1 Å². The maximum atomic E-state index is 6.20. The summed E-state index contributed by atoms with van der Waals surface area (Å²) in [7, 11) is 0. The summed E-state index contributed by atoms with van der Waals surface area (Å²) in [6, 6.07) is 15.5. The molecule has 8 nitrogen and oxygen atoms in total. The SMILES string of the molecule is CCOc1ccccc1-c1noc(CSc2nnc(COc3ccccc3Cl)n2C2CC2)n1. The van der Waals surface area contributed by atoms with Crippen LogP contribution in [0.15, 0.2) is 58.2 Å². The number of aromatic nitrogens is 5. The van der Waals surface area contributed by atoms with Gasteiger partial charge in [-0.3, -0.25) is 4.57 Å². The summed E-state index contributed by atoms with van der Waals surface area (Å²) in [4.78, 5) is 4.55. The van der Waals surface area contributed by atoms with Crippen LogP contribution in [-0.2, 0) is 12.4 Å². The van der Waals surface area contributed by atoms with Gasteiger partial charge in [-0.1, -0.05) is 52.8 Å². The van der Waals surface area contributed by atoms with E-state index in [9.17, 15) is 0 Å². The zero-order valence-electron chi connectivity index (χ0n) is 18.0.